The molecule has 0 amide bonds. The van der Waals surface area contributed by atoms with Crippen LogP contribution in [0.4, 0.5) is 0 Å². The van der Waals surface area contributed by atoms with Crippen LogP contribution in [0.5, 0.6) is 11.5 Å². The molecule has 0 aromatic heterocycles. The lowest BCUT2D eigenvalue weighted by Gasteiger charge is -2.14. The van der Waals surface area contributed by atoms with Gasteiger partial charge in [-0.1, -0.05) is 0 Å². The van der Waals surface area contributed by atoms with E-state index in [9.17, 15) is 0 Å². The molecule has 1 heterocycles. The van der Waals surface area contributed by atoms with E-state index in [1.54, 1.807) is 14.2 Å². The molecule has 0 saturated carbocycles. The van der Waals surface area contributed by atoms with Gasteiger partial charge < -0.3 is 18.9 Å². The van der Waals surface area contributed by atoms with Crippen LogP contribution in [0.2, 0.25) is 0 Å². The maximum atomic E-state index is 5.64. The number of methoxy groups -OCH3 is 2. The molecule has 1 aromatic carbocycles. The Kier molecular flexibility index (Phi) is 4.48. The highest BCUT2D eigenvalue weighted by molar-refractivity contribution is 9.10. The highest BCUT2D eigenvalue weighted by atomic mass is 79.9. The molecule has 0 spiro atoms. The van der Waals surface area contributed by atoms with Gasteiger partial charge in [-0.05, 0) is 35.0 Å². The summed E-state index contributed by atoms with van der Waals surface area (Å²) < 4.78 is 22.6. The lowest BCUT2D eigenvalue weighted by atomic mass is 10.1. The molecule has 1 saturated heterocycles. The minimum Gasteiger partial charge on any atom is -0.496 e. The van der Waals surface area contributed by atoms with Crippen LogP contribution >= 0.6 is 15.9 Å². The third-order valence-corrected chi connectivity index (χ3v) is 3.52. The van der Waals surface area contributed by atoms with Crippen molar-refractivity contribution >= 4 is 15.9 Å². The van der Waals surface area contributed by atoms with E-state index in [2.05, 4.69) is 15.9 Å². The second-order valence-electron chi connectivity index (χ2n) is 4.16. The molecule has 0 bridgehead atoms. The van der Waals surface area contributed by atoms with E-state index < -0.39 is 0 Å². The predicted octanol–water partition coefficient (Wildman–Crippen LogP) is 2.77. The number of ether oxygens (including phenoxy) is 4. The van der Waals surface area contributed by atoms with Crippen molar-refractivity contribution in [2.75, 3.05) is 20.8 Å². The topological polar surface area (TPSA) is 36.9 Å². The van der Waals surface area contributed by atoms with Crippen LogP contribution in [0, 0.1) is 0 Å². The highest BCUT2D eigenvalue weighted by Gasteiger charge is 2.24. The van der Waals surface area contributed by atoms with Gasteiger partial charge in [0.05, 0.1) is 31.4 Å². The second-order valence-corrected chi connectivity index (χ2v) is 5.02. The molecule has 0 radical (unpaired) electrons. The Hall–Kier alpha value is -0.780. The van der Waals surface area contributed by atoms with Gasteiger partial charge in [0, 0.05) is 12.0 Å². The Bertz CT molecular complexity index is 422. The quantitative estimate of drug-likeness (QED) is 0.856. The van der Waals surface area contributed by atoms with E-state index in [-0.39, 0.29) is 12.4 Å². The SMILES string of the molecule is COc1cc(C[C@@H]2COC(C)O2)c(OC)cc1Br. The van der Waals surface area contributed by atoms with Gasteiger partial charge in [0.15, 0.2) is 6.29 Å². The second kappa shape index (κ2) is 5.91. The van der Waals surface area contributed by atoms with Crippen LogP contribution in [0.15, 0.2) is 16.6 Å². The molecule has 1 unspecified atom stereocenters. The maximum Gasteiger partial charge on any atom is 0.155 e. The summed E-state index contributed by atoms with van der Waals surface area (Å²) in [5.74, 6) is 1.61. The summed E-state index contributed by atoms with van der Waals surface area (Å²) in [5, 5.41) is 0. The average molecular weight is 317 g/mol. The van der Waals surface area contributed by atoms with Crippen molar-refractivity contribution in [3.63, 3.8) is 0 Å². The molecule has 1 aromatic rings. The Morgan fingerprint density at radius 3 is 2.56 bits per heavy atom. The first-order chi connectivity index (χ1) is 8.63. The molecule has 0 N–H and O–H groups in total. The Labute approximate surface area is 115 Å². The monoisotopic (exact) mass is 316 g/mol. The average Bonchev–Trinajstić information content (AvgIpc) is 2.76. The molecule has 5 heteroatoms. The van der Waals surface area contributed by atoms with Gasteiger partial charge >= 0.3 is 0 Å². The summed E-state index contributed by atoms with van der Waals surface area (Å²) in [5.41, 5.74) is 1.06. The lowest BCUT2D eigenvalue weighted by molar-refractivity contribution is -0.0418. The first-order valence-corrected chi connectivity index (χ1v) is 6.60. The number of halogens is 1. The molecular weight excluding hydrogens is 300 g/mol. The van der Waals surface area contributed by atoms with Gasteiger partial charge in [0.25, 0.3) is 0 Å². The molecule has 2 rings (SSSR count). The van der Waals surface area contributed by atoms with Gasteiger partial charge in [-0.2, -0.15) is 0 Å². The molecule has 0 aliphatic carbocycles. The van der Waals surface area contributed by atoms with Crippen LogP contribution in [0.1, 0.15) is 12.5 Å². The van der Waals surface area contributed by atoms with E-state index in [0.29, 0.717) is 6.61 Å². The van der Waals surface area contributed by atoms with E-state index >= 15 is 0 Å². The Balaban J connectivity index is 2.20. The van der Waals surface area contributed by atoms with E-state index in [4.69, 9.17) is 18.9 Å². The zero-order valence-electron chi connectivity index (χ0n) is 10.7. The number of benzene rings is 1. The van der Waals surface area contributed by atoms with Gasteiger partial charge in [0.1, 0.15) is 11.5 Å². The lowest BCUT2D eigenvalue weighted by Crippen LogP contribution is -2.14. The molecular formula is C13H17BrO4. The van der Waals surface area contributed by atoms with Crippen molar-refractivity contribution in [3.05, 3.63) is 22.2 Å². The van der Waals surface area contributed by atoms with Gasteiger partial charge in [-0.25, -0.2) is 0 Å². The van der Waals surface area contributed by atoms with Gasteiger partial charge in [-0.3, -0.25) is 0 Å². The zero-order valence-corrected chi connectivity index (χ0v) is 12.3. The molecule has 1 aliphatic rings. The minimum absolute atomic E-state index is 0.0692. The predicted molar refractivity (Wildman–Crippen MR) is 71.2 cm³/mol. The maximum absolute atomic E-state index is 5.64. The molecule has 2 atom stereocenters. The standard InChI is InChI=1S/C13H17BrO4/c1-8-17-7-10(18-8)4-9-5-13(16-3)11(14)6-12(9)15-2/h5-6,8,10H,4,7H2,1-3H3/t8?,10-/m1/s1. The van der Waals surface area contributed by atoms with Gasteiger partial charge in [0.2, 0.25) is 0 Å². The Morgan fingerprint density at radius 2 is 2.00 bits per heavy atom. The van der Waals surface area contributed by atoms with Gasteiger partial charge in [-0.15, -0.1) is 0 Å². The smallest absolute Gasteiger partial charge is 0.155 e. The van der Waals surface area contributed by atoms with Crippen molar-refractivity contribution in [1.82, 2.24) is 0 Å². The van der Waals surface area contributed by atoms with Crippen LogP contribution in [0.3, 0.4) is 0 Å². The molecule has 1 aliphatic heterocycles. The summed E-state index contributed by atoms with van der Waals surface area (Å²) in [6.07, 6.45) is 0.690. The van der Waals surface area contributed by atoms with Crippen LogP contribution in [-0.4, -0.2) is 33.2 Å². The fourth-order valence-electron chi connectivity index (χ4n) is 2.03. The third kappa shape index (κ3) is 2.96. The fourth-order valence-corrected chi connectivity index (χ4v) is 2.51. The molecule has 100 valence electrons. The van der Waals surface area contributed by atoms with Crippen molar-refractivity contribution < 1.29 is 18.9 Å². The Morgan fingerprint density at radius 1 is 1.28 bits per heavy atom. The first kappa shape index (κ1) is 13.6. The molecule has 18 heavy (non-hydrogen) atoms. The van der Waals surface area contributed by atoms with Crippen LogP contribution < -0.4 is 9.47 Å². The molecule has 1 fully saturated rings. The first-order valence-electron chi connectivity index (χ1n) is 5.81. The van der Waals surface area contributed by atoms with Crippen LogP contribution in [-0.2, 0) is 15.9 Å². The normalized spacial score (nSPS) is 23.1. The summed E-state index contributed by atoms with van der Waals surface area (Å²) in [7, 11) is 3.31. The number of rotatable bonds is 4. The summed E-state index contributed by atoms with van der Waals surface area (Å²) in [4.78, 5) is 0. The number of hydrogen-bond acceptors (Lipinski definition) is 4. The van der Waals surface area contributed by atoms with E-state index in [1.807, 2.05) is 19.1 Å². The largest absolute Gasteiger partial charge is 0.496 e. The summed E-state index contributed by atoms with van der Waals surface area (Å²) in [6, 6.07) is 3.88. The van der Waals surface area contributed by atoms with Crippen molar-refractivity contribution in [2.24, 2.45) is 0 Å². The van der Waals surface area contributed by atoms with Crippen molar-refractivity contribution in [2.45, 2.75) is 25.7 Å². The fraction of sp³-hybridized carbons (Fsp3) is 0.538. The summed E-state index contributed by atoms with van der Waals surface area (Å²) >= 11 is 3.44. The highest BCUT2D eigenvalue weighted by Crippen LogP contribution is 2.34. The molecule has 4 nitrogen and oxygen atoms in total. The number of hydrogen-bond donors (Lipinski definition) is 0. The zero-order chi connectivity index (χ0) is 13.1. The van der Waals surface area contributed by atoms with E-state index in [0.717, 1.165) is 28.0 Å². The van der Waals surface area contributed by atoms with Crippen molar-refractivity contribution in [1.29, 1.82) is 0 Å². The van der Waals surface area contributed by atoms with Crippen LogP contribution in [0.25, 0.3) is 0 Å². The third-order valence-electron chi connectivity index (χ3n) is 2.90. The van der Waals surface area contributed by atoms with Crippen molar-refractivity contribution in [3.8, 4) is 11.5 Å². The summed E-state index contributed by atoms with van der Waals surface area (Å²) in [6.45, 7) is 2.52. The minimum atomic E-state index is -0.127. The van der Waals surface area contributed by atoms with E-state index in [1.165, 1.54) is 0 Å².